The highest BCUT2D eigenvalue weighted by atomic mass is 16.5. The minimum atomic E-state index is -0.314. The molecule has 4 heterocycles. The molecule has 0 unspecified atom stereocenters. The van der Waals surface area contributed by atoms with E-state index in [0.29, 0.717) is 25.3 Å². The smallest absolute Gasteiger partial charge is 0.272 e. The first kappa shape index (κ1) is 18.2. The third-order valence-corrected chi connectivity index (χ3v) is 6.62. The summed E-state index contributed by atoms with van der Waals surface area (Å²) in [5.41, 5.74) is 0.387. The van der Waals surface area contributed by atoms with E-state index in [0.717, 1.165) is 12.8 Å². The number of rotatable bonds is 4. The highest BCUT2D eigenvalue weighted by molar-refractivity contribution is 5.92. The molecule has 2 aromatic rings. The Morgan fingerprint density at radius 3 is 2.86 bits per heavy atom. The summed E-state index contributed by atoms with van der Waals surface area (Å²) < 4.78 is 7.70. The summed E-state index contributed by atoms with van der Waals surface area (Å²) >= 11 is 0. The second-order valence-corrected chi connectivity index (χ2v) is 8.33. The molecule has 8 heteroatoms. The van der Waals surface area contributed by atoms with Gasteiger partial charge in [-0.15, -0.1) is 0 Å². The summed E-state index contributed by atoms with van der Waals surface area (Å²) in [5, 5.41) is 5.86. The lowest BCUT2D eigenvalue weighted by Gasteiger charge is -2.29. The Kier molecular flexibility index (Phi) is 4.13. The molecule has 1 aromatic heterocycles. The molecule has 3 fully saturated rings. The van der Waals surface area contributed by atoms with Gasteiger partial charge in [0.2, 0.25) is 5.91 Å². The van der Waals surface area contributed by atoms with Crippen molar-refractivity contribution in [2.45, 2.75) is 31.5 Å². The highest BCUT2D eigenvalue weighted by Gasteiger charge is 2.63. The Morgan fingerprint density at radius 1 is 1.31 bits per heavy atom. The van der Waals surface area contributed by atoms with Gasteiger partial charge in [0, 0.05) is 37.9 Å². The lowest BCUT2D eigenvalue weighted by molar-refractivity contribution is -0.119. The zero-order chi connectivity index (χ0) is 20.2. The van der Waals surface area contributed by atoms with Gasteiger partial charge in [0.05, 0.1) is 23.9 Å². The Morgan fingerprint density at radius 2 is 2.10 bits per heavy atom. The summed E-state index contributed by atoms with van der Waals surface area (Å²) in [5.74, 6) is 0.192. The largest absolute Gasteiger partial charge is 0.369 e. The van der Waals surface area contributed by atoms with E-state index in [2.05, 4.69) is 10.4 Å². The molecular formula is C21H24N4O4. The van der Waals surface area contributed by atoms with Crippen LogP contribution in [0, 0.1) is 11.8 Å². The van der Waals surface area contributed by atoms with E-state index in [9.17, 15) is 14.4 Å². The zero-order valence-electron chi connectivity index (χ0n) is 16.3. The van der Waals surface area contributed by atoms with Crippen molar-refractivity contribution in [1.82, 2.24) is 20.0 Å². The van der Waals surface area contributed by atoms with Crippen molar-refractivity contribution < 1.29 is 14.3 Å². The number of ether oxygens (including phenoxy) is 1. The Hall–Kier alpha value is -2.87. The van der Waals surface area contributed by atoms with Crippen LogP contribution in [0.3, 0.4) is 0 Å². The van der Waals surface area contributed by atoms with Gasteiger partial charge in [-0.25, -0.2) is 4.68 Å². The number of para-hydroxylation sites is 1. The SMILES string of the molecule is CC(=O)NC[C@H]1[C@H]2CN(C(=O)c3cc(=O)n(-c4ccccc4)[nH]3)C[C@]23CC[C@H]1O3. The summed E-state index contributed by atoms with van der Waals surface area (Å²) in [4.78, 5) is 38.7. The first-order chi connectivity index (χ1) is 14.0. The van der Waals surface area contributed by atoms with Crippen molar-refractivity contribution in [2.75, 3.05) is 19.6 Å². The minimum absolute atomic E-state index is 0.0485. The number of likely N-dealkylation sites (tertiary alicyclic amines) is 1. The number of nitrogens with zero attached hydrogens (tertiary/aromatic N) is 2. The number of carbonyl (C=O) groups excluding carboxylic acids is 2. The molecular weight excluding hydrogens is 372 g/mol. The number of hydrogen-bond acceptors (Lipinski definition) is 4. The average molecular weight is 396 g/mol. The van der Waals surface area contributed by atoms with Gasteiger partial charge in [0.15, 0.2) is 0 Å². The fraction of sp³-hybridized carbons (Fsp3) is 0.476. The molecule has 2 N–H and O–H groups in total. The molecule has 152 valence electrons. The molecule has 0 radical (unpaired) electrons. The molecule has 3 saturated heterocycles. The number of aromatic nitrogens is 2. The monoisotopic (exact) mass is 396 g/mol. The normalized spacial score (nSPS) is 29.8. The number of hydrogen-bond donors (Lipinski definition) is 2. The van der Waals surface area contributed by atoms with Crippen molar-refractivity contribution in [3.8, 4) is 5.69 Å². The number of carbonyl (C=O) groups is 2. The van der Waals surface area contributed by atoms with E-state index in [1.807, 2.05) is 30.3 Å². The van der Waals surface area contributed by atoms with Crippen LogP contribution in [0.25, 0.3) is 5.69 Å². The molecule has 0 saturated carbocycles. The Bertz CT molecular complexity index is 1010. The molecule has 1 aromatic carbocycles. The third kappa shape index (κ3) is 2.90. The lowest BCUT2D eigenvalue weighted by Crippen LogP contribution is -2.41. The van der Waals surface area contributed by atoms with Gasteiger partial charge in [0.1, 0.15) is 5.69 Å². The number of benzene rings is 1. The molecule has 2 amide bonds. The number of aromatic amines is 1. The zero-order valence-corrected chi connectivity index (χ0v) is 16.3. The summed E-state index contributed by atoms with van der Waals surface area (Å²) in [6.07, 6.45) is 2.05. The fourth-order valence-corrected chi connectivity index (χ4v) is 5.32. The maximum atomic E-state index is 13.1. The fourth-order valence-electron chi connectivity index (χ4n) is 5.32. The summed E-state index contributed by atoms with van der Waals surface area (Å²) in [6, 6.07) is 10.5. The van der Waals surface area contributed by atoms with Crippen LogP contribution in [0.2, 0.25) is 0 Å². The number of amides is 2. The molecule has 3 aliphatic rings. The molecule has 4 atom stereocenters. The second-order valence-electron chi connectivity index (χ2n) is 8.33. The molecule has 29 heavy (non-hydrogen) atoms. The van der Waals surface area contributed by atoms with Gasteiger partial charge in [0.25, 0.3) is 11.5 Å². The number of H-pyrrole nitrogens is 1. The molecule has 0 aliphatic carbocycles. The van der Waals surface area contributed by atoms with Crippen LogP contribution in [0.4, 0.5) is 0 Å². The van der Waals surface area contributed by atoms with Crippen LogP contribution in [0.15, 0.2) is 41.2 Å². The van der Waals surface area contributed by atoms with E-state index in [4.69, 9.17) is 4.74 Å². The predicted octanol–water partition coefficient (Wildman–Crippen LogP) is 0.921. The van der Waals surface area contributed by atoms with Crippen molar-refractivity contribution in [3.05, 3.63) is 52.4 Å². The molecule has 3 aliphatic heterocycles. The quantitative estimate of drug-likeness (QED) is 0.803. The molecule has 8 nitrogen and oxygen atoms in total. The second kappa shape index (κ2) is 6.59. The Balaban J connectivity index is 1.36. The van der Waals surface area contributed by atoms with Crippen molar-refractivity contribution in [3.63, 3.8) is 0 Å². The van der Waals surface area contributed by atoms with Crippen LogP contribution < -0.4 is 10.9 Å². The standard InChI is InChI=1S/C21H24N4O4/c1-13(26)22-10-15-16-11-24(12-21(16)8-7-18(15)29-21)20(28)17-9-19(27)25(23-17)14-5-3-2-4-6-14/h2-6,9,15-16,18,23H,7-8,10-12H2,1H3,(H,22,26)/t15-,16+,18+,21+/m0/s1. The van der Waals surface area contributed by atoms with Gasteiger partial charge in [-0.1, -0.05) is 18.2 Å². The third-order valence-electron chi connectivity index (χ3n) is 6.62. The first-order valence-electron chi connectivity index (χ1n) is 10.1. The first-order valence-corrected chi connectivity index (χ1v) is 10.1. The van der Waals surface area contributed by atoms with Crippen molar-refractivity contribution >= 4 is 11.8 Å². The molecule has 2 bridgehead atoms. The van der Waals surface area contributed by atoms with Gasteiger partial charge >= 0.3 is 0 Å². The maximum absolute atomic E-state index is 13.1. The van der Waals surface area contributed by atoms with Crippen LogP contribution in [-0.4, -0.2) is 57.8 Å². The topological polar surface area (TPSA) is 96.4 Å². The van der Waals surface area contributed by atoms with Crippen molar-refractivity contribution in [1.29, 1.82) is 0 Å². The van der Waals surface area contributed by atoms with Crippen LogP contribution in [0.1, 0.15) is 30.3 Å². The van der Waals surface area contributed by atoms with Gasteiger partial charge in [-0.3, -0.25) is 19.5 Å². The minimum Gasteiger partial charge on any atom is -0.369 e. The van der Waals surface area contributed by atoms with E-state index in [1.165, 1.54) is 17.7 Å². The lowest BCUT2D eigenvalue weighted by atomic mass is 9.73. The van der Waals surface area contributed by atoms with Crippen molar-refractivity contribution in [2.24, 2.45) is 11.8 Å². The van der Waals surface area contributed by atoms with Crippen LogP contribution >= 0.6 is 0 Å². The van der Waals surface area contributed by atoms with Gasteiger partial charge in [-0.2, -0.15) is 0 Å². The number of fused-ring (bicyclic) bond motifs is 1. The maximum Gasteiger partial charge on any atom is 0.272 e. The van der Waals surface area contributed by atoms with E-state index in [-0.39, 0.29) is 46.6 Å². The highest BCUT2D eigenvalue weighted by Crippen LogP contribution is 2.54. The van der Waals surface area contributed by atoms with Gasteiger partial charge < -0.3 is 15.0 Å². The van der Waals surface area contributed by atoms with Gasteiger partial charge in [-0.05, 0) is 25.0 Å². The van der Waals surface area contributed by atoms with E-state index in [1.54, 1.807) is 4.90 Å². The predicted molar refractivity (Wildman–Crippen MR) is 105 cm³/mol. The molecule has 5 rings (SSSR count). The number of nitrogens with one attached hydrogen (secondary N) is 2. The summed E-state index contributed by atoms with van der Waals surface area (Å²) in [6.45, 7) is 3.21. The van der Waals surface area contributed by atoms with Crippen LogP contribution in [-0.2, 0) is 9.53 Å². The van der Waals surface area contributed by atoms with E-state index < -0.39 is 0 Å². The van der Waals surface area contributed by atoms with E-state index >= 15 is 0 Å². The summed E-state index contributed by atoms with van der Waals surface area (Å²) in [7, 11) is 0. The average Bonchev–Trinajstić information content (AvgIpc) is 3.45. The Labute approximate surface area is 167 Å². The molecule has 1 spiro atoms. The van der Waals surface area contributed by atoms with Crippen LogP contribution in [0.5, 0.6) is 0 Å².